The first-order valence-electron chi connectivity index (χ1n) is 9.08. The monoisotopic (exact) mass is 325 g/mol. The third-order valence-electron chi connectivity index (χ3n) is 5.75. The Morgan fingerprint density at radius 3 is 2.46 bits per heavy atom. The van der Waals surface area contributed by atoms with Crippen LogP contribution in [-0.2, 0) is 18.9 Å². The van der Waals surface area contributed by atoms with Gasteiger partial charge in [-0.1, -0.05) is 30.3 Å². The first-order chi connectivity index (χ1) is 11.7. The van der Waals surface area contributed by atoms with Gasteiger partial charge in [0.2, 0.25) is 5.95 Å². The lowest BCUT2D eigenvalue weighted by Gasteiger charge is -2.32. The first kappa shape index (κ1) is 15.6. The highest BCUT2D eigenvalue weighted by atomic mass is 15.4. The molecule has 0 unspecified atom stereocenters. The maximum absolute atomic E-state index is 4.62. The van der Waals surface area contributed by atoms with Gasteiger partial charge in [-0.25, -0.2) is 0 Å². The highest BCUT2D eigenvalue weighted by Crippen LogP contribution is 2.50. The van der Waals surface area contributed by atoms with Crippen molar-refractivity contribution in [2.24, 2.45) is 7.05 Å². The molecule has 24 heavy (non-hydrogen) atoms. The van der Waals surface area contributed by atoms with Crippen molar-refractivity contribution in [2.75, 3.05) is 25.0 Å². The second-order valence-electron chi connectivity index (χ2n) is 7.38. The molecular weight excluding hydrogens is 298 g/mol. The molecule has 2 heterocycles. The Balaban J connectivity index is 1.52. The first-order valence-corrected chi connectivity index (χ1v) is 9.08. The zero-order chi connectivity index (χ0) is 16.6. The molecule has 2 aliphatic rings. The Hall–Kier alpha value is -1.88. The van der Waals surface area contributed by atoms with Crippen molar-refractivity contribution in [1.29, 1.82) is 0 Å². The molecule has 1 aliphatic carbocycles. The Morgan fingerprint density at radius 2 is 1.83 bits per heavy atom. The maximum Gasteiger partial charge on any atom is 0.226 e. The molecule has 5 nitrogen and oxygen atoms in total. The molecule has 0 atom stereocenters. The van der Waals surface area contributed by atoms with Crippen LogP contribution >= 0.6 is 0 Å². The fraction of sp³-hybridized carbons (Fsp3) is 0.579. The minimum atomic E-state index is 0.199. The van der Waals surface area contributed by atoms with Gasteiger partial charge in [0.05, 0.1) is 0 Å². The lowest BCUT2D eigenvalue weighted by atomic mass is 9.95. The van der Waals surface area contributed by atoms with Crippen molar-refractivity contribution in [2.45, 2.75) is 43.6 Å². The molecule has 2 fully saturated rings. The van der Waals surface area contributed by atoms with E-state index in [1.165, 1.54) is 31.2 Å². The summed E-state index contributed by atoms with van der Waals surface area (Å²) in [6, 6.07) is 11.4. The summed E-state index contributed by atoms with van der Waals surface area (Å²) < 4.78 is 2.25. The van der Waals surface area contributed by atoms with E-state index >= 15 is 0 Å². The van der Waals surface area contributed by atoms with Gasteiger partial charge in [0.15, 0.2) is 0 Å². The van der Waals surface area contributed by atoms with Crippen LogP contribution in [-0.4, -0.2) is 40.9 Å². The van der Waals surface area contributed by atoms with Gasteiger partial charge in [-0.15, -0.1) is 10.2 Å². The maximum atomic E-state index is 4.62. The van der Waals surface area contributed by atoms with Crippen molar-refractivity contribution >= 4 is 5.95 Å². The van der Waals surface area contributed by atoms with E-state index in [-0.39, 0.29) is 5.41 Å². The van der Waals surface area contributed by atoms with Gasteiger partial charge in [0.25, 0.3) is 0 Å². The van der Waals surface area contributed by atoms with Crippen LogP contribution in [0.2, 0.25) is 0 Å². The number of nitrogens with zero attached hydrogens (tertiary/aromatic N) is 4. The Kier molecular flexibility index (Phi) is 4.04. The van der Waals surface area contributed by atoms with Gasteiger partial charge in [-0.3, -0.25) is 4.57 Å². The Labute approximate surface area is 144 Å². The van der Waals surface area contributed by atoms with Gasteiger partial charge in [-0.05, 0) is 44.7 Å². The predicted octanol–water partition coefficient (Wildman–Crippen LogP) is 2.28. The van der Waals surface area contributed by atoms with E-state index in [2.05, 4.69) is 69.4 Å². The van der Waals surface area contributed by atoms with E-state index in [0.717, 1.165) is 31.3 Å². The van der Waals surface area contributed by atoms with Crippen LogP contribution in [0.15, 0.2) is 30.3 Å². The second kappa shape index (κ2) is 6.20. The van der Waals surface area contributed by atoms with Gasteiger partial charge in [0, 0.05) is 31.6 Å². The molecule has 1 aromatic carbocycles. The van der Waals surface area contributed by atoms with Gasteiger partial charge in [0.1, 0.15) is 5.82 Å². The lowest BCUT2D eigenvalue weighted by molar-refractivity contribution is 0.436. The van der Waals surface area contributed by atoms with Gasteiger partial charge < -0.3 is 10.2 Å². The van der Waals surface area contributed by atoms with Crippen LogP contribution < -0.4 is 10.2 Å². The van der Waals surface area contributed by atoms with Crippen molar-refractivity contribution in [3.63, 3.8) is 0 Å². The number of aromatic nitrogens is 3. The van der Waals surface area contributed by atoms with E-state index in [0.29, 0.717) is 6.04 Å². The number of rotatable bonds is 5. The fourth-order valence-electron chi connectivity index (χ4n) is 4.04. The molecule has 0 bridgehead atoms. The Bertz CT molecular complexity index is 681. The number of hydrogen-bond acceptors (Lipinski definition) is 4. The molecule has 4 rings (SSSR count). The van der Waals surface area contributed by atoms with Gasteiger partial charge in [-0.2, -0.15) is 0 Å². The molecule has 1 aliphatic heterocycles. The highest BCUT2D eigenvalue weighted by Gasteiger charge is 2.48. The molecular formula is C19H27N5. The molecule has 1 saturated heterocycles. The standard InChI is InChI=1S/C19H27N5/c1-20-16-8-12-24(13-9-16)18-22-21-17(23(18)2)19(10-11-19)14-15-6-4-3-5-7-15/h3-7,16,20H,8-14H2,1-2H3. The van der Waals surface area contributed by atoms with Crippen molar-refractivity contribution in [3.05, 3.63) is 41.7 Å². The van der Waals surface area contributed by atoms with E-state index in [9.17, 15) is 0 Å². The normalized spacial score (nSPS) is 20.3. The summed E-state index contributed by atoms with van der Waals surface area (Å²) in [6.07, 6.45) is 5.86. The summed E-state index contributed by atoms with van der Waals surface area (Å²) >= 11 is 0. The number of hydrogen-bond donors (Lipinski definition) is 1. The largest absolute Gasteiger partial charge is 0.341 e. The summed E-state index contributed by atoms with van der Waals surface area (Å²) in [5.41, 5.74) is 1.60. The predicted molar refractivity (Wildman–Crippen MR) is 96.4 cm³/mol. The SMILES string of the molecule is CNC1CCN(c2nnc(C3(Cc4ccccc4)CC3)n2C)CC1. The van der Waals surface area contributed by atoms with Crippen LogP contribution in [0.1, 0.15) is 37.1 Å². The average molecular weight is 325 g/mol. The molecule has 1 aromatic heterocycles. The van der Waals surface area contributed by atoms with Crippen molar-refractivity contribution in [3.8, 4) is 0 Å². The molecule has 128 valence electrons. The number of piperidine rings is 1. The summed E-state index contributed by atoms with van der Waals surface area (Å²) in [5, 5.41) is 12.6. The second-order valence-corrected chi connectivity index (χ2v) is 7.38. The summed E-state index contributed by atoms with van der Waals surface area (Å²) in [7, 11) is 4.20. The van der Waals surface area contributed by atoms with Crippen LogP contribution in [0.5, 0.6) is 0 Å². The van der Waals surface area contributed by atoms with Crippen molar-refractivity contribution in [1.82, 2.24) is 20.1 Å². The summed E-state index contributed by atoms with van der Waals surface area (Å²) in [5.74, 6) is 2.20. The molecule has 0 radical (unpaired) electrons. The molecule has 2 aromatic rings. The zero-order valence-electron chi connectivity index (χ0n) is 14.7. The molecule has 0 spiro atoms. The third-order valence-corrected chi connectivity index (χ3v) is 5.75. The molecule has 1 saturated carbocycles. The van der Waals surface area contributed by atoms with Crippen LogP contribution in [0.25, 0.3) is 0 Å². The van der Waals surface area contributed by atoms with Crippen LogP contribution in [0, 0.1) is 0 Å². The third kappa shape index (κ3) is 2.81. The smallest absolute Gasteiger partial charge is 0.226 e. The summed E-state index contributed by atoms with van der Waals surface area (Å²) in [4.78, 5) is 2.39. The van der Waals surface area contributed by atoms with Gasteiger partial charge >= 0.3 is 0 Å². The minimum absolute atomic E-state index is 0.199. The van der Waals surface area contributed by atoms with E-state index < -0.39 is 0 Å². The summed E-state index contributed by atoms with van der Waals surface area (Å²) in [6.45, 7) is 2.12. The average Bonchev–Trinajstić information content (AvgIpc) is 3.29. The van der Waals surface area contributed by atoms with Crippen LogP contribution in [0.3, 0.4) is 0 Å². The fourth-order valence-corrected chi connectivity index (χ4v) is 4.04. The molecule has 1 N–H and O–H groups in total. The lowest BCUT2D eigenvalue weighted by Crippen LogP contribution is -2.42. The quantitative estimate of drug-likeness (QED) is 0.916. The highest BCUT2D eigenvalue weighted by molar-refractivity contribution is 5.36. The van der Waals surface area contributed by atoms with E-state index in [1.54, 1.807) is 0 Å². The van der Waals surface area contributed by atoms with Crippen molar-refractivity contribution < 1.29 is 0 Å². The Morgan fingerprint density at radius 1 is 1.12 bits per heavy atom. The number of anilines is 1. The number of benzene rings is 1. The zero-order valence-corrected chi connectivity index (χ0v) is 14.7. The molecule has 0 amide bonds. The number of nitrogens with one attached hydrogen (secondary N) is 1. The van der Waals surface area contributed by atoms with E-state index in [1.807, 2.05) is 0 Å². The topological polar surface area (TPSA) is 46.0 Å². The molecule has 5 heteroatoms. The van der Waals surface area contributed by atoms with E-state index in [4.69, 9.17) is 0 Å². The minimum Gasteiger partial charge on any atom is -0.341 e. The van der Waals surface area contributed by atoms with Crippen LogP contribution in [0.4, 0.5) is 5.95 Å².